The predicted octanol–water partition coefficient (Wildman–Crippen LogP) is 2.25. The van der Waals surface area contributed by atoms with Crippen molar-refractivity contribution in [3.8, 4) is 5.75 Å². The van der Waals surface area contributed by atoms with Gasteiger partial charge in [-0.1, -0.05) is 6.07 Å². The molecule has 1 unspecified atom stereocenters. The van der Waals surface area contributed by atoms with Crippen molar-refractivity contribution in [1.82, 2.24) is 14.4 Å². The van der Waals surface area contributed by atoms with Gasteiger partial charge >= 0.3 is 0 Å². The lowest BCUT2D eigenvalue weighted by Gasteiger charge is -2.35. The number of aryl methyl sites for hydroxylation is 1. The average Bonchev–Trinajstić information content (AvgIpc) is 3.13. The van der Waals surface area contributed by atoms with E-state index in [4.69, 9.17) is 4.74 Å². The van der Waals surface area contributed by atoms with Crippen molar-refractivity contribution in [2.75, 3.05) is 26.7 Å². The maximum Gasteiger partial charge on any atom is 0.239 e. The maximum atomic E-state index is 12.2. The van der Waals surface area contributed by atoms with Crippen LogP contribution < -0.4 is 4.74 Å². The Bertz CT molecular complexity index is 746. The Kier molecular flexibility index (Phi) is 3.96. The van der Waals surface area contributed by atoms with E-state index in [9.17, 15) is 4.79 Å². The molecule has 1 atom stereocenters. The molecule has 1 amide bonds. The Morgan fingerprint density at radius 3 is 2.54 bits per heavy atom. The first-order chi connectivity index (χ1) is 11.6. The Morgan fingerprint density at radius 1 is 1.04 bits per heavy atom. The number of hydrogen-bond acceptors (Lipinski definition) is 3. The number of hydrogen-bond donors (Lipinski definition) is 0. The van der Waals surface area contributed by atoms with E-state index in [0.29, 0.717) is 0 Å². The van der Waals surface area contributed by atoms with Gasteiger partial charge in [0.1, 0.15) is 11.9 Å². The molecular weight excluding hydrogens is 302 g/mol. The molecule has 5 heteroatoms. The number of carbonyl (C=O) groups excluding carboxylic acids is 1. The standard InChI is InChI=1S/C19H25N3O2/c1-20-10-8-15-16(20)4-3-5-18(15)24-14-6-12-22(13-7-14)17-9-11-21(2)19(17)23/h3-5,8,10,14,17H,6-7,9,11-13H2,1-2H3. The molecule has 4 rings (SSSR count). The fraction of sp³-hybridized carbons (Fsp3) is 0.526. The first-order valence-corrected chi connectivity index (χ1v) is 8.83. The van der Waals surface area contributed by atoms with Crippen LogP contribution >= 0.6 is 0 Å². The third-order valence-electron chi connectivity index (χ3n) is 5.50. The Labute approximate surface area is 142 Å². The normalized spacial score (nSPS) is 23.3. The van der Waals surface area contributed by atoms with Crippen LogP contribution in [0.25, 0.3) is 10.9 Å². The van der Waals surface area contributed by atoms with Crippen molar-refractivity contribution in [2.24, 2.45) is 7.05 Å². The summed E-state index contributed by atoms with van der Waals surface area (Å²) in [6.07, 6.45) is 5.24. The molecule has 0 spiro atoms. The first-order valence-electron chi connectivity index (χ1n) is 8.83. The van der Waals surface area contributed by atoms with Crippen LogP contribution in [0.3, 0.4) is 0 Å². The summed E-state index contributed by atoms with van der Waals surface area (Å²) in [5, 5.41) is 1.18. The molecule has 2 saturated heterocycles. The molecule has 5 nitrogen and oxygen atoms in total. The lowest BCUT2D eigenvalue weighted by atomic mass is 10.0. The van der Waals surface area contributed by atoms with Crippen LogP contribution in [0, 0.1) is 0 Å². The molecule has 2 fully saturated rings. The van der Waals surface area contributed by atoms with Crippen molar-refractivity contribution in [2.45, 2.75) is 31.4 Å². The summed E-state index contributed by atoms with van der Waals surface area (Å²) in [5.41, 5.74) is 1.20. The Hall–Kier alpha value is -2.01. The fourth-order valence-electron chi connectivity index (χ4n) is 4.00. The van der Waals surface area contributed by atoms with Gasteiger partial charge in [-0.15, -0.1) is 0 Å². The van der Waals surface area contributed by atoms with Gasteiger partial charge in [0.25, 0.3) is 0 Å². The maximum absolute atomic E-state index is 12.2. The fourth-order valence-corrected chi connectivity index (χ4v) is 4.00. The predicted molar refractivity (Wildman–Crippen MR) is 94.2 cm³/mol. The van der Waals surface area contributed by atoms with Gasteiger partial charge in [-0.25, -0.2) is 0 Å². The van der Waals surface area contributed by atoms with Crippen molar-refractivity contribution >= 4 is 16.8 Å². The molecule has 0 aliphatic carbocycles. The number of likely N-dealkylation sites (tertiary alicyclic amines) is 2. The van der Waals surface area contributed by atoms with E-state index in [-0.39, 0.29) is 18.1 Å². The molecule has 0 radical (unpaired) electrons. The third-order valence-corrected chi connectivity index (χ3v) is 5.50. The zero-order valence-corrected chi connectivity index (χ0v) is 14.4. The minimum absolute atomic E-state index is 0.0912. The highest BCUT2D eigenvalue weighted by atomic mass is 16.5. The van der Waals surface area contributed by atoms with E-state index in [1.165, 1.54) is 10.9 Å². The highest BCUT2D eigenvalue weighted by molar-refractivity contribution is 5.86. The second kappa shape index (κ2) is 6.13. The Morgan fingerprint density at radius 2 is 1.83 bits per heavy atom. The lowest BCUT2D eigenvalue weighted by molar-refractivity contribution is -0.131. The molecule has 2 aliphatic heterocycles. The van der Waals surface area contributed by atoms with Gasteiger partial charge in [0, 0.05) is 45.3 Å². The monoisotopic (exact) mass is 327 g/mol. The van der Waals surface area contributed by atoms with E-state index < -0.39 is 0 Å². The molecule has 0 saturated carbocycles. The minimum atomic E-state index is 0.0912. The SMILES string of the molecule is CN1CCC(N2CCC(Oc3cccc4c3ccn4C)CC2)C1=O. The van der Waals surface area contributed by atoms with E-state index in [2.05, 4.69) is 47.0 Å². The summed E-state index contributed by atoms with van der Waals surface area (Å²) in [4.78, 5) is 16.4. The van der Waals surface area contributed by atoms with Gasteiger partial charge in [0.15, 0.2) is 0 Å². The second-order valence-corrected chi connectivity index (χ2v) is 7.03. The molecular formula is C19H25N3O2. The van der Waals surface area contributed by atoms with Crippen molar-refractivity contribution in [3.05, 3.63) is 30.5 Å². The van der Waals surface area contributed by atoms with Gasteiger partial charge in [-0.2, -0.15) is 0 Å². The number of benzene rings is 1. The molecule has 24 heavy (non-hydrogen) atoms. The Balaban J connectivity index is 1.40. The van der Waals surface area contributed by atoms with Crippen LogP contribution in [-0.2, 0) is 11.8 Å². The van der Waals surface area contributed by atoms with Crippen molar-refractivity contribution in [3.63, 3.8) is 0 Å². The van der Waals surface area contributed by atoms with Crippen molar-refractivity contribution < 1.29 is 9.53 Å². The van der Waals surface area contributed by atoms with Gasteiger partial charge in [0.05, 0.1) is 11.6 Å². The van der Waals surface area contributed by atoms with Gasteiger partial charge < -0.3 is 14.2 Å². The number of amides is 1. The minimum Gasteiger partial charge on any atom is -0.490 e. The zero-order chi connectivity index (χ0) is 16.7. The van der Waals surface area contributed by atoms with Gasteiger partial charge in [-0.3, -0.25) is 9.69 Å². The number of aromatic nitrogens is 1. The van der Waals surface area contributed by atoms with Crippen LogP contribution in [0.5, 0.6) is 5.75 Å². The number of nitrogens with zero attached hydrogens (tertiary/aromatic N) is 3. The summed E-state index contributed by atoms with van der Waals surface area (Å²) >= 11 is 0. The van der Waals surface area contributed by atoms with Crippen LogP contribution in [0.2, 0.25) is 0 Å². The molecule has 3 heterocycles. The number of rotatable bonds is 3. The number of ether oxygens (including phenoxy) is 1. The molecule has 0 N–H and O–H groups in total. The molecule has 0 bridgehead atoms. The summed E-state index contributed by atoms with van der Waals surface area (Å²) in [6, 6.07) is 8.44. The highest BCUT2D eigenvalue weighted by Gasteiger charge is 2.36. The summed E-state index contributed by atoms with van der Waals surface area (Å²) in [7, 11) is 3.96. The van der Waals surface area contributed by atoms with E-state index >= 15 is 0 Å². The topological polar surface area (TPSA) is 37.7 Å². The lowest BCUT2D eigenvalue weighted by Crippen LogP contribution is -2.47. The molecule has 1 aromatic heterocycles. The average molecular weight is 327 g/mol. The summed E-state index contributed by atoms with van der Waals surface area (Å²) in [6.45, 7) is 2.77. The van der Waals surface area contributed by atoms with Crippen molar-refractivity contribution in [1.29, 1.82) is 0 Å². The van der Waals surface area contributed by atoms with Crippen LogP contribution in [0.4, 0.5) is 0 Å². The van der Waals surface area contributed by atoms with E-state index in [1.807, 2.05) is 11.9 Å². The largest absolute Gasteiger partial charge is 0.490 e. The van der Waals surface area contributed by atoms with Crippen LogP contribution in [0.15, 0.2) is 30.5 Å². The summed E-state index contributed by atoms with van der Waals surface area (Å²) in [5.74, 6) is 1.26. The molecule has 128 valence electrons. The molecule has 1 aromatic carbocycles. The number of carbonyl (C=O) groups is 1. The second-order valence-electron chi connectivity index (χ2n) is 7.03. The number of piperidine rings is 1. The van der Waals surface area contributed by atoms with Gasteiger partial charge in [0.2, 0.25) is 5.91 Å². The first kappa shape index (κ1) is 15.5. The van der Waals surface area contributed by atoms with E-state index in [0.717, 1.165) is 44.6 Å². The molecule has 2 aromatic rings. The summed E-state index contributed by atoms with van der Waals surface area (Å²) < 4.78 is 8.42. The highest BCUT2D eigenvalue weighted by Crippen LogP contribution is 2.29. The number of fused-ring (bicyclic) bond motifs is 1. The smallest absolute Gasteiger partial charge is 0.239 e. The zero-order valence-electron chi connectivity index (χ0n) is 14.4. The third kappa shape index (κ3) is 2.67. The molecule has 2 aliphatic rings. The van der Waals surface area contributed by atoms with Crippen LogP contribution in [0.1, 0.15) is 19.3 Å². The van der Waals surface area contributed by atoms with Crippen LogP contribution in [-0.4, -0.2) is 59.1 Å². The van der Waals surface area contributed by atoms with E-state index in [1.54, 1.807) is 0 Å². The van der Waals surface area contributed by atoms with Gasteiger partial charge in [-0.05, 0) is 37.5 Å². The quantitative estimate of drug-likeness (QED) is 0.868. The number of likely N-dealkylation sites (N-methyl/N-ethyl adjacent to an activating group) is 1.